The van der Waals surface area contributed by atoms with Crippen molar-refractivity contribution in [3.05, 3.63) is 29.8 Å². The molecule has 0 amide bonds. The normalized spacial score (nSPS) is 21.4. The molecule has 3 rings (SSSR count). The van der Waals surface area contributed by atoms with Gasteiger partial charge in [-0.15, -0.1) is 0 Å². The first-order valence-electron chi connectivity index (χ1n) is 9.96. The summed E-state index contributed by atoms with van der Waals surface area (Å²) in [5.41, 5.74) is 3.38. The van der Waals surface area contributed by atoms with Crippen LogP contribution in [0.1, 0.15) is 47.1 Å². The molecule has 3 heteroatoms. The lowest BCUT2D eigenvalue weighted by Crippen LogP contribution is -2.59. The molecule has 25 heavy (non-hydrogen) atoms. The topological polar surface area (TPSA) is 9.72 Å². The monoisotopic (exact) mass is 343 g/mol. The quantitative estimate of drug-likeness (QED) is 0.826. The first kappa shape index (κ1) is 18.7. The van der Waals surface area contributed by atoms with Crippen LogP contribution in [0.4, 0.5) is 5.69 Å². The van der Waals surface area contributed by atoms with Crippen molar-refractivity contribution < 1.29 is 0 Å². The van der Waals surface area contributed by atoms with Gasteiger partial charge in [0, 0.05) is 57.0 Å². The van der Waals surface area contributed by atoms with Gasteiger partial charge in [-0.1, -0.05) is 32.9 Å². The maximum atomic E-state index is 2.67. The molecule has 2 aliphatic heterocycles. The van der Waals surface area contributed by atoms with E-state index in [0.717, 1.165) is 19.0 Å². The highest BCUT2D eigenvalue weighted by Gasteiger charge is 2.35. The van der Waals surface area contributed by atoms with Crippen LogP contribution in [-0.2, 0) is 5.41 Å². The van der Waals surface area contributed by atoms with Gasteiger partial charge in [0.25, 0.3) is 0 Å². The molecule has 0 saturated carbocycles. The van der Waals surface area contributed by atoms with Gasteiger partial charge in [-0.2, -0.15) is 0 Å². The molecule has 2 aliphatic rings. The van der Waals surface area contributed by atoms with E-state index in [9.17, 15) is 0 Å². The molecule has 2 fully saturated rings. The Kier molecular flexibility index (Phi) is 5.18. The second kappa shape index (κ2) is 6.92. The Balaban J connectivity index is 1.45. The number of hydrogen-bond donors (Lipinski definition) is 0. The van der Waals surface area contributed by atoms with Crippen molar-refractivity contribution in [2.24, 2.45) is 5.92 Å². The maximum absolute atomic E-state index is 2.67. The van der Waals surface area contributed by atoms with Crippen LogP contribution in [0.15, 0.2) is 24.3 Å². The molecule has 0 unspecified atom stereocenters. The fourth-order valence-electron chi connectivity index (χ4n) is 3.96. The Bertz CT molecular complexity index is 550. The fourth-order valence-corrected chi connectivity index (χ4v) is 3.96. The number of anilines is 1. The lowest BCUT2D eigenvalue weighted by molar-refractivity contribution is -0.00249. The molecule has 0 bridgehead atoms. The van der Waals surface area contributed by atoms with Crippen molar-refractivity contribution in [3.8, 4) is 0 Å². The van der Waals surface area contributed by atoms with Gasteiger partial charge in [-0.25, -0.2) is 0 Å². The third kappa shape index (κ3) is 4.57. The highest BCUT2D eigenvalue weighted by molar-refractivity contribution is 5.49. The largest absolute Gasteiger partial charge is 0.369 e. The van der Waals surface area contributed by atoms with Gasteiger partial charge in [-0.3, -0.25) is 9.80 Å². The van der Waals surface area contributed by atoms with E-state index in [2.05, 4.69) is 80.5 Å². The molecular weight excluding hydrogens is 306 g/mol. The molecule has 0 atom stereocenters. The van der Waals surface area contributed by atoms with Crippen LogP contribution in [0.2, 0.25) is 0 Å². The van der Waals surface area contributed by atoms with Gasteiger partial charge < -0.3 is 4.90 Å². The van der Waals surface area contributed by atoms with E-state index in [1.165, 1.54) is 44.0 Å². The highest BCUT2D eigenvalue weighted by Crippen LogP contribution is 2.27. The van der Waals surface area contributed by atoms with E-state index >= 15 is 0 Å². The smallest absolute Gasteiger partial charge is 0.0367 e. The number of nitrogens with zero attached hydrogens (tertiary/aromatic N) is 3. The standard InChI is InChI=1S/C22H37N3/c1-21(2,3)19-7-9-20(10-8-19)24-13-11-23(12-14-24)15-18-16-25(17-18)22(4,5)6/h7-10,18H,11-17H2,1-6H3. The second-order valence-electron chi connectivity index (χ2n) is 10.0. The fraction of sp³-hybridized carbons (Fsp3) is 0.727. The lowest BCUT2D eigenvalue weighted by Gasteiger charge is -2.49. The molecule has 0 N–H and O–H groups in total. The zero-order chi connectivity index (χ0) is 18.2. The number of likely N-dealkylation sites (tertiary alicyclic amines) is 1. The number of piperazine rings is 1. The highest BCUT2D eigenvalue weighted by atomic mass is 15.3. The maximum Gasteiger partial charge on any atom is 0.0367 e. The average Bonchev–Trinajstić information content (AvgIpc) is 2.49. The Morgan fingerprint density at radius 1 is 0.840 bits per heavy atom. The molecule has 3 nitrogen and oxygen atoms in total. The minimum absolute atomic E-state index is 0.237. The third-order valence-corrected chi connectivity index (χ3v) is 5.89. The van der Waals surface area contributed by atoms with E-state index in [4.69, 9.17) is 0 Å². The zero-order valence-electron chi connectivity index (χ0n) is 17.2. The van der Waals surface area contributed by atoms with Gasteiger partial charge in [0.2, 0.25) is 0 Å². The summed E-state index contributed by atoms with van der Waals surface area (Å²) >= 11 is 0. The van der Waals surface area contributed by atoms with Gasteiger partial charge in [0.05, 0.1) is 0 Å². The summed E-state index contributed by atoms with van der Waals surface area (Å²) in [4.78, 5) is 7.82. The van der Waals surface area contributed by atoms with E-state index in [0.29, 0.717) is 5.54 Å². The Hall–Kier alpha value is -1.06. The zero-order valence-corrected chi connectivity index (χ0v) is 17.2. The number of benzene rings is 1. The molecule has 0 aliphatic carbocycles. The van der Waals surface area contributed by atoms with Crippen LogP contribution in [0.5, 0.6) is 0 Å². The second-order valence-corrected chi connectivity index (χ2v) is 10.0. The van der Waals surface area contributed by atoms with Crippen molar-refractivity contribution >= 4 is 5.69 Å². The minimum atomic E-state index is 0.237. The summed E-state index contributed by atoms with van der Waals surface area (Å²) in [6.07, 6.45) is 0. The molecule has 0 radical (unpaired) electrons. The van der Waals surface area contributed by atoms with Crippen molar-refractivity contribution in [3.63, 3.8) is 0 Å². The molecule has 2 saturated heterocycles. The van der Waals surface area contributed by atoms with Crippen LogP contribution in [0.3, 0.4) is 0 Å². The van der Waals surface area contributed by atoms with Crippen LogP contribution in [-0.4, -0.2) is 61.2 Å². The third-order valence-electron chi connectivity index (χ3n) is 5.89. The first-order chi connectivity index (χ1) is 11.6. The molecule has 140 valence electrons. The summed E-state index contributed by atoms with van der Waals surface area (Å²) in [5, 5.41) is 0. The van der Waals surface area contributed by atoms with E-state index in [1.807, 2.05) is 0 Å². The van der Waals surface area contributed by atoms with Crippen LogP contribution in [0.25, 0.3) is 0 Å². The van der Waals surface area contributed by atoms with Gasteiger partial charge >= 0.3 is 0 Å². The van der Waals surface area contributed by atoms with Gasteiger partial charge in [-0.05, 0) is 49.8 Å². The summed E-state index contributed by atoms with van der Waals surface area (Å²) in [7, 11) is 0. The van der Waals surface area contributed by atoms with E-state index in [-0.39, 0.29) is 5.41 Å². The van der Waals surface area contributed by atoms with Crippen LogP contribution < -0.4 is 4.90 Å². The summed E-state index contributed by atoms with van der Waals surface area (Å²) in [6, 6.07) is 9.22. The minimum Gasteiger partial charge on any atom is -0.369 e. The summed E-state index contributed by atoms with van der Waals surface area (Å²) in [6.45, 7) is 22.4. The molecular formula is C22H37N3. The summed E-state index contributed by atoms with van der Waals surface area (Å²) < 4.78 is 0. The van der Waals surface area contributed by atoms with Crippen molar-refractivity contribution in [1.82, 2.24) is 9.80 Å². The SMILES string of the molecule is CC(C)(C)c1ccc(N2CCN(CC3CN(C(C)(C)C)C3)CC2)cc1. The molecule has 0 spiro atoms. The Morgan fingerprint density at radius 3 is 1.88 bits per heavy atom. The number of hydrogen-bond acceptors (Lipinski definition) is 3. The predicted octanol–water partition coefficient (Wildman–Crippen LogP) is 3.84. The van der Waals surface area contributed by atoms with E-state index in [1.54, 1.807) is 0 Å². The molecule has 2 heterocycles. The predicted molar refractivity (Wildman–Crippen MR) is 109 cm³/mol. The summed E-state index contributed by atoms with van der Waals surface area (Å²) in [5.74, 6) is 0.872. The van der Waals surface area contributed by atoms with Crippen molar-refractivity contribution in [2.45, 2.75) is 52.5 Å². The van der Waals surface area contributed by atoms with Crippen LogP contribution in [0, 0.1) is 5.92 Å². The lowest BCUT2D eigenvalue weighted by atomic mass is 9.87. The Morgan fingerprint density at radius 2 is 1.40 bits per heavy atom. The van der Waals surface area contributed by atoms with E-state index < -0.39 is 0 Å². The molecule has 1 aromatic rings. The molecule has 0 aromatic heterocycles. The van der Waals surface area contributed by atoms with Crippen molar-refractivity contribution in [1.29, 1.82) is 0 Å². The van der Waals surface area contributed by atoms with Gasteiger partial charge in [0.15, 0.2) is 0 Å². The van der Waals surface area contributed by atoms with Crippen LogP contribution >= 0.6 is 0 Å². The number of rotatable bonds is 3. The Labute approximate surface area is 155 Å². The van der Waals surface area contributed by atoms with Gasteiger partial charge in [0.1, 0.15) is 0 Å². The average molecular weight is 344 g/mol. The van der Waals surface area contributed by atoms with Crippen molar-refractivity contribution in [2.75, 3.05) is 50.7 Å². The first-order valence-corrected chi connectivity index (χ1v) is 9.96. The molecule has 1 aromatic carbocycles.